The number of anilines is 1. The minimum Gasteiger partial charge on any atom is -0.438 e. The van der Waals surface area contributed by atoms with Crippen LogP contribution in [0.2, 0.25) is 0 Å². The zero-order chi connectivity index (χ0) is 24.5. The Hall–Kier alpha value is -4.48. The van der Waals surface area contributed by atoms with Crippen molar-refractivity contribution in [3.05, 3.63) is 66.9 Å². The lowest BCUT2D eigenvalue weighted by Crippen LogP contribution is -2.35. The number of benzene rings is 1. The fourth-order valence-corrected chi connectivity index (χ4v) is 4.46. The topological polar surface area (TPSA) is 113 Å². The van der Waals surface area contributed by atoms with Gasteiger partial charge in [-0.3, -0.25) is 0 Å². The van der Waals surface area contributed by atoms with E-state index in [4.69, 9.17) is 4.74 Å². The van der Waals surface area contributed by atoms with Gasteiger partial charge in [0.25, 0.3) is 0 Å². The SMILES string of the molecule is CCc1cnc(N2CCC(n3cc(F)c4c(Oc5ccc(-n6cnnn6)cc5)ncnc43)CC2)nc1. The number of halogens is 1. The van der Waals surface area contributed by atoms with Gasteiger partial charge in [0.2, 0.25) is 11.8 Å². The van der Waals surface area contributed by atoms with Crippen molar-refractivity contribution in [1.82, 2.24) is 44.7 Å². The van der Waals surface area contributed by atoms with Crippen molar-refractivity contribution < 1.29 is 9.13 Å². The summed E-state index contributed by atoms with van der Waals surface area (Å²) in [5, 5.41) is 11.4. The van der Waals surface area contributed by atoms with E-state index in [2.05, 4.69) is 47.3 Å². The van der Waals surface area contributed by atoms with Gasteiger partial charge >= 0.3 is 0 Å². The van der Waals surface area contributed by atoms with Gasteiger partial charge in [-0.05, 0) is 59.5 Å². The first-order valence-electron chi connectivity index (χ1n) is 11.8. The Bertz CT molecular complexity index is 1460. The van der Waals surface area contributed by atoms with E-state index in [1.807, 2.05) is 17.0 Å². The van der Waals surface area contributed by atoms with Crippen molar-refractivity contribution in [3.63, 3.8) is 0 Å². The van der Waals surface area contributed by atoms with E-state index >= 15 is 4.39 Å². The minimum atomic E-state index is -0.410. The van der Waals surface area contributed by atoms with Crippen molar-refractivity contribution >= 4 is 17.0 Å². The first-order valence-corrected chi connectivity index (χ1v) is 11.8. The van der Waals surface area contributed by atoms with Gasteiger partial charge in [-0.25, -0.2) is 29.0 Å². The van der Waals surface area contributed by atoms with E-state index in [1.54, 1.807) is 24.3 Å². The summed E-state index contributed by atoms with van der Waals surface area (Å²) in [5.41, 5.74) is 2.41. The highest BCUT2D eigenvalue weighted by atomic mass is 19.1. The predicted molar refractivity (Wildman–Crippen MR) is 129 cm³/mol. The molecule has 0 unspecified atom stereocenters. The second-order valence-electron chi connectivity index (χ2n) is 8.58. The number of fused-ring (bicyclic) bond motifs is 1. The molecule has 1 fully saturated rings. The fraction of sp³-hybridized carbons (Fsp3) is 0.292. The number of hydrogen-bond acceptors (Lipinski definition) is 9. The van der Waals surface area contributed by atoms with Gasteiger partial charge in [0.15, 0.2) is 11.5 Å². The molecule has 1 saturated heterocycles. The molecule has 5 aromatic rings. The fourth-order valence-electron chi connectivity index (χ4n) is 4.46. The molecule has 0 aliphatic carbocycles. The summed E-state index contributed by atoms with van der Waals surface area (Å²) in [6, 6.07) is 7.22. The molecular weight excluding hydrogens is 463 g/mol. The van der Waals surface area contributed by atoms with Gasteiger partial charge in [0.1, 0.15) is 23.8 Å². The second kappa shape index (κ2) is 9.29. The molecule has 0 N–H and O–H groups in total. The predicted octanol–water partition coefficient (Wildman–Crippen LogP) is 3.53. The van der Waals surface area contributed by atoms with Crippen LogP contribution >= 0.6 is 0 Å². The molecule has 0 amide bonds. The van der Waals surface area contributed by atoms with Gasteiger partial charge < -0.3 is 14.2 Å². The van der Waals surface area contributed by atoms with Crippen molar-refractivity contribution in [2.75, 3.05) is 18.0 Å². The molecule has 1 aromatic carbocycles. The van der Waals surface area contributed by atoms with Crippen LogP contribution in [0.5, 0.6) is 11.6 Å². The Morgan fingerprint density at radius 1 is 1.03 bits per heavy atom. The third-order valence-electron chi connectivity index (χ3n) is 6.43. The van der Waals surface area contributed by atoms with Crippen LogP contribution in [0.25, 0.3) is 16.7 Å². The number of aromatic nitrogens is 9. The summed E-state index contributed by atoms with van der Waals surface area (Å²) in [5.74, 6) is 1.01. The lowest BCUT2D eigenvalue weighted by molar-refractivity contribution is 0.398. The van der Waals surface area contributed by atoms with Crippen LogP contribution in [0.4, 0.5) is 10.3 Å². The molecule has 11 nitrogen and oxygen atoms in total. The van der Waals surface area contributed by atoms with Crippen LogP contribution in [0, 0.1) is 5.82 Å². The van der Waals surface area contributed by atoms with E-state index in [-0.39, 0.29) is 17.3 Å². The summed E-state index contributed by atoms with van der Waals surface area (Å²) < 4.78 is 24.5. The largest absolute Gasteiger partial charge is 0.438 e. The molecule has 12 heteroatoms. The lowest BCUT2D eigenvalue weighted by Gasteiger charge is -2.32. The average molecular weight is 487 g/mol. The number of nitrogens with zero attached hydrogens (tertiary/aromatic N) is 10. The number of aryl methyl sites for hydroxylation is 1. The summed E-state index contributed by atoms with van der Waals surface area (Å²) >= 11 is 0. The number of hydrogen-bond donors (Lipinski definition) is 0. The van der Waals surface area contributed by atoms with Crippen molar-refractivity contribution in [1.29, 1.82) is 0 Å². The monoisotopic (exact) mass is 486 g/mol. The Morgan fingerprint density at radius 2 is 1.81 bits per heavy atom. The van der Waals surface area contributed by atoms with Crippen LogP contribution < -0.4 is 9.64 Å². The third kappa shape index (κ3) is 4.10. The van der Waals surface area contributed by atoms with Crippen molar-refractivity contribution in [2.24, 2.45) is 0 Å². The molecule has 1 aliphatic rings. The third-order valence-corrected chi connectivity index (χ3v) is 6.43. The molecule has 0 spiro atoms. The maximum absolute atomic E-state index is 15.2. The first kappa shape index (κ1) is 22.0. The zero-order valence-electron chi connectivity index (χ0n) is 19.6. The molecule has 0 radical (unpaired) electrons. The standard InChI is InChI=1S/C24H23FN10O/c1-2-16-11-26-24(27-12-16)33-9-7-17(8-10-33)34-13-20(25)21-22(34)28-14-29-23(21)36-19-5-3-18(4-6-19)35-15-30-31-32-35/h3-6,11-15,17H,2,7-10H2,1H3. The van der Waals surface area contributed by atoms with Crippen LogP contribution in [0.1, 0.15) is 31.4 Å². The first-order chi connectivity index (χ1) is 17.7. The normalized spacial score (nSPS) is 14.4. The van der Waals surface area contributed by atoms with Crippen LogP contribution in [0.15, 0.2) is 55.5 Å². The minimum absolute atomic E-state index is 0.0986. The Labute approximate surface area is 205 Å². The zero-order valence-corrected chi connectivity index (χ0v) is 19.6. The Morgan fingerprint density at radius 3 is 2.50 bits per heavy atom. The van der Waals surface area contributed by atoms with E-state index in [0.29, 0.717) is 11.4 Å². The van der Waals surface area contributed by atoms with Crippen LogP contribution in [-0.4, -0.2) is 57.8 Å². The molecule has 6 rings (SSSR count). The number of ether oxygens (including phenoxy) is 1. The molecule has 0 atom stereocenters. The van der Waals surface area contributed by atoms with Crippen molar-refractivity contribution in [2.45, 2.75) is 32.2 Å². The van der Waals surface area contributed by atoms with Gasteiger partial charge in [0, 0.05) is 37.7 Å². The van der Waals surface area contributed by atoms with Gasteiger partial charge in [0.05, 0.1) is 5.69 Å². The quantitative estimate of drug-likeness (QED) is 0.356. The maximum atomic E-state index is 15.2. The Balaban J connectivity index is 1.20. The molecule has 0 saturated carbocycles. The summed E-state index contributed by atoms with van der Waals surface area (Å²) in [6.45, 7) is 3.64. The van der Waals surface area contributed by atoms with Gasteiger partial charge in [-0.15, -0.1) is 5.10 Å². The van der Waals surface area contributed by atoms with E-state index < -0.39 is 5.82 Å². The van der Waals surface area contributed by atoms with Crippen molar-refractivity contribution in [3.8, 4) is 17.3 Å². The molecule has 182 valence electrons. The number of rotatable bonds is 6. The maximum Gasteiger partial charge on any atom is 0.234 e. The number of piperidine rings is 1. The van der Waals surface area contributed by atoms with Crippen LogP contribution in [0.3, 0.4) is 0 Å². The summed E-state index contributed by atoms with van der Waals surface area (Å²) in [7, 11) is 0. The molecule has 1 aliphatic heterocycles. The summed E-state index contributed by atoms with van der Waals surface area (Å²) in [4.78, 5) is 19.8. The molecule has 36 heavy (non-hydrogen) atoms. The smallest absolute Gasteiger partial charge is 0.234 e. The van der Waals surface area contributed by atoms with Crippen LogP contribution in [-0.2, 0) is 6.42 Å². The highest BCUT2D eigenvalue weighted by molar-refractivity contribution is 5.82. The molecular formula is C24H23FN10O. The highest BCUT2D eigenvalue weighted by Gasteiger charge is 2.26. The molecule has 5 heterocycles. The molecule has 4 aromatic heterocycles. The molecule has 0 bridgehead atoms. The van der Waals surface area contributed by atoms with E-state index in [0.717, 1.165) is 49.6 Å². The lowest BCUT2D eigenvalue weighted by atomic mass is 10.1. The van der Waals surface area contributed by atoms with Gasteiger partial charge in [-0.1, -0.05) is 6.92 Å². The number of tetrazole rings is 1. The average Bonchev–Trinajstić information content (AvgIpc) is 3.58. The summed E-state index contributed by atoms with van der Waals surface area (Å²) in [6.07, 6.45) is 10.7. The Kier molecular flexibility index (Phi) is 5.68. The van der Waals surface area contributed by atoms with E-state index in [9.17, 15) is 0 Å². The van der Waals surface area contributed by atoms with E-state index in [1.165, 1.54) is 23.5 Å². The highest BCUT2D eigenvalue weighted by Crippen LogP contribution is 2.34. The van der Waals surface area contributed by atoms with Gasteiger partial charge in [-0.2, -0.15) is 0 Å². The second-order valence-corrected chi connectivity index (χ2v) is 8.58.